The lowest BCUT2D eigenvalue weighted by molar-refractivity contribution is 0.447. The van der Waals surface area contributed by atoms with E-state index >= 15 is 0 Å². The summed E-state index contributed by atoms with van der Waals surface area (Å²) in [4.78, 5) is 0. The van der Waals surface area contributed by atoms with E-state index in [1.54, 1.807) is 0 Å². The average Bonchev–Trinajstić information content (AvgIpc) is 2.28. The van der Waals surface area contributed by atoms with Crippen LogP contribution < -0.4 is 5.32 Å². The molecule has 2 heteroatoms. The molecule has 0 saturated heterocycles. The average molecular weight is 254 g/mol. The molecule has 0 aliphatic carbocycles. The summed E-state index contributed by atoms with van der Waals surface area (Å²) in [7, 11) is 0. The third-order valence-electron chi connectivity index (χ3n) is 3.17. The molecular formula is C15H24ClN. The molecule has 17 heavy (non-hydrogen) atoms. The van der Waals surface area contributed by atoms with E-state index in [9.17, 15) is 0 Å². The van der Waals surface area contributed by atoms with Gasteiger partial charge in [-0.15, -0.1) is 0 Å². The summed E-state index contributed by atoms with van der Waals surface area (Å²) in [5, 5.41) is 4.43. The normalized spacial score (nSPS) is 13.1. The molecule has 0 amide bonds. The van der Waals surface area contributed by atoms with Crippen LogP contribution in [0.4, 0.5) is 0 Å². The molecule has 1 N–H and O–H groups in total. The van der Waals surface area contributed by atoms with Crippen LogP contribution in [0.2, 0.25) is 5.02 Å². The Bertz CT molecular complexity index is 347. The molecule has 0 heterocycles. The number of nitrogens with one attached hydrogen (secondary N) is 1. The Morgan fingerprint density at radius 2 is 1.94 bits per heavy atom. The minimum absolute atomic E-state index is 0.432. The van der Waals surface area contributed by atoms with E-state index in [1.165, 1.54) is 24.0 Å². The van der Waals surface area contributed by atoms with Crippen LogP contribution in [-0.4, -0.2) is 6.54 Å². The van der Waals surface area contributed by atoms with Gasteiger partial charge < -0.3 is 5.32 Å². The summed E-state index contributed by atoms with van der Waals surface area (Å²) in [6.45, 7) is 9.80. The summed E-state index contributed by atoms with van der Waals surface area (Å²) in [6, 6.07) is 6.63. The minimum atomic E-state index is 0.432. The van der Waals surface area contributed by atoms with Gasteiger partial charge in [-0.1, -0.05) is 44.5 Å². The number of rotatable bonds is 6. The van der Waals surface area contributed by atoms with Crippen molar-refractivity contribution < 1.29 is 0 Å². The molecule has 0 aliphatic rings. The Kier molecular flexibility index (Phi) is 6.01. The van der Waals surface area contributed by atoms with Gasteiger partial charge in [0.15, 0.2) is 0 Å². The minimum Gasteiger partial charge on any atom is -0.310 e. The van der Waals surface area contributed by atoms with Gasteiger partial charge >= 0.3 is 0 Å². The first-order chi connectivity index (χ1) is 8.06. The van der Waals surface area contributed by atoms with Crippen molar-refractivity contribution in [3.05, 3.63) is 34.3 Å². The maximum absolute atomic E-state index is 6.19. The Hall–Kier alpha value is -0.530. The van der Waals surface area contributed by atoms with Crippen molar-refractivity contribution in [3.8, 4) is 0 Å². The third kappa shape index (κ3) is 4.33. The fraction of sp³-hybridized carbons (Fsp3) is 0.600. The summed E-state index contributed by atoms with van der Waals surface area (Å²) in [6.07, 6.45) is 2.41. The van der Waals surface area contributed by atoms with Crippen LogP contribution in [0.1, 0.15) is 50.8 Å². The smallest absolute Gasteiger partial charge is 0.0438 e. The molecule has 96 valence electrons. The van der Waals surface area contributed by atoms with Gasteiger partial charge in [-0.25, -0.2) is 0 Å². The van der Waals surface area contributed by atoms with Crippen LogP contribution in [-0.2, 0) is 0 Å². The van der Waals surface area contributed by atoms with Crippen LogP contribution in [0.15, 0.2) is 18.2 Å². The summed E-state index contributed by atoms with van der Waals surface area (Å²) < 4.78 is 0. The number of benzene rings is 1. The van der Waals surface area contributed by atoms with E-state index in [0.29, 0.717) is 6.04 Å². The summed E-state index contributed by atoms with van der Waals surface area (Å²) >= 11 is 6.19. The molecule has 1 aromatic carbocycles. The standard InChI is InChI=1S/C15H24ClN/c1-5-17-15(10-9-11(2)3)13-7-6-8-14(16)12(13)4/h6-8,11,15,17H,5,9-10H2,1-4H3. The predicted octanol–water partition coefficient (Wildman–Crippen LogP) is 4.74. The van der Waals surface area contributed by atoms with Crippen LogP contribution in [0, 0.1) is 12.8 Å². The van der Waals surface area contributed by atoms with Gasteiger partial charge in [0, 0.05) is 11.1 Å². The predicted molar refractivity (Wildman–Crippen MR) is 76.7 cm³/mol. The summed E-state index contributed by atoms with van der Waals surface area (Å²) in [5.74, 6) is 0.746. The Balaban J connectivity index is 2.85. The molecule has 0 bridgehead atoms. The number of hydrogen-bond acceptors (Lipinski definition) is 1. The second kappa shape index (κ2) is 7.03. The first-order valence-electron chi connectivity index (χ1n) is 6.54. The number of hydrogen-bond donors (Lipinski definition) is 1. The van der Waals surface area contributed by atoms with Crippen LogP contribution in [0.5, 0.6) is 0 Å². The molecular weight excluding hydrogens is 230 g/mol. The molecule has 0 radical (unpaired) electrons. The van der Waals surface area contributed by atoms with Gasteiger partial charge in [0.1, 0.15) is 0 Å². The Labute approximate surface area is 111 Å². The fourth-order valence-electron chi connectivity index (χ4n) is 2.12. The molecule has 1 nitrogen and oxygen atoms in total. The molecule has 1 aromatic rings. The fourth-order valence-corrected chi connectivity index (χ4v) is 2.30. The highest BCUT2D eigenvalue weighted by Gasteiger charge is 2.14. The highest BCUT2D eigenvalue weighted by molar-refractivity contribution is 6.31. The first kappa shape index (κ1) is 14.5. The van der Waals surface area contributed by atoms with Crippen molar-refractivity contribution in [3.63, 3.8) is 0 Å². The van der Waals surface area contributed by atoms with Crippen LogP contribution in [0.3, 0.4) is 0 Å². The van der Waals surface area contributed by atoms with E-state index in [0.717, 1.165) is 17.5 Å². The topological polar surface area (TPSA) is 12.0 Å². The molecule has 1 atom stereocenters. The quantitative estimate of drug-likeness (QED) is 0.773. The molecule has 0 aromatic heterocycles. The van der Waals surface area contributed by atoms with Gasteiger partial charge in [-0.3, -0.25) is 0 Å². The Morgan fingerprint density at radius 3 is 2.53 bits per heavy atom. The number of halogens is 1. The van der Waals surface area contributed by atoms with Crippen molar-refractivity contribution >= 4 is 11.6 Å². The van der Waals surface area contributed by atoms with E-state index in [4.69, 9.17) is 11.6 Å². The van der Waals surface area contributed by atoms with Gasteiger partial charge in [0.25, 0.3) is 0 Å². The van der Waals surface area contributed by atoms with Crippen LogP contribution in [0.25, 0.3) is 0 Å². The van der Waals surface area contributed by atoms with E-state index < -0.39 is 0 Å². The molecule has 1 unspecified atom stereocenters. The van der Waals surface area contributed by atoms with Gasteiger partial charge in [-0.05, 0) is 49.4 Å². The van der Waals surface area contributed by atoms with Crippen molar-refractivity contribution in [1.29, 1.82) is 0 Å². The molecule has 1 rings (SSSR count). The second-order valence-electron chi connectivity index (χ2n) is 5.04. The lowest BCUT2D eigenvalue weighted by Crippen LogP contribution is -2.22. The van der Waals surface area contributed by atoms with Gasteiger partial charge in [0.2, 0.25) is 0 Å². The zero-order valence-corrected chi connectivity index (χ0v) is 12.1. The van der Waals surface area contributed by atoms with Crippen molar-refractivity contribution in [2.75, 3.05) is 6.54 Å². The second-order valence-corrected chi connectivity index (χ2v) is 5.44. The first-order valence-corrected chi connectivity index (χ1v) is 6.92. The van der Waals surface area contributed by atoms with E-state index in [1.807, 2.05) is 12.1 Å². The lowest BCUT2D eigenvalue weighted by Gasteiger charge is -2.21. The van der Waals surface area contributed by atoms with Crippen molar-refractivity contribution in [2.24, 2.45) is 5.92 Å². The zero-order valence-electron chi connectivity index (χ0n) is 11.4. The Morgan fingerprint density at radius 1 is 1.24 bits per heavy atom. The van der Waals surface area contributed by atoms with Crippen molar-refractivity contribution in [2.45, 2.75) is 46.6 Å². The van der Waals surface area contributed by atoms with Crippen molar-refractivity contribution in [1.82, 2.24) is 5.32 Å². The molecule has 0 saturated carbocycles. The van der Waals surface area contributed by atoms with Crippen LogP contribution >= 0.6 is 11.6 Å². The summed E-state index contributed by atoms with van der Waals surface area (Å²) in [5.41, 5.74) is 2.56. The zero-order chi connectivity index (χ0) is 12.8. The highest BCUT2D eigenvalue weighted by Crippen LogP contribution is 2.27. The van der Waals surface area contributed by atoms with E-state index in [2.05, 4.69) is 39.1 Å². The van der Waals surface area contributed by atoms with Gasteiger partial charge in [-0.2, -0.15) is 0 Å². The third-order valence-corrected chi connectivity index (χ3v) is 3.58. The lowest BCUT2D eigenvalue weighted by atomic mass is 9.94. The maximum atomic E-state index is 6.19. The molecule has 0 fully saturated rings. The maximum Gasteiger partial charge on any atom is 0.0438 e. The largest absolute Gasteiger partial charge is 0.310 e. The highest BCUT2D eigenvalue weighted by atomic mass is 35.5. The molecule has 0 aliphatic heterocycles. The van der Waals surface area contributed by atoms with Gasteiger partial charge in [0.05, 0.1) is 0 Å². The molecule has 0 spiro atoms. The van der Waals surface area contributed by atoms with E-state index in [-0.39, 0.29) is 0 Å². The SMILES string of the molecule is CCNC(CCC(C)C)c1cccc(Cl)c1C. The monoisotopic (exact) mass is 253 g/mol.